The van der Waals surface area contributed by atoms with Crippen LogP contribution in [-0.2, 0) is 4.74 Å². The third kappa shape index (κ3) is 1.79. The van der Waals surface area contributed by atoms with E-state index in [0.717, 1.165) is 6.54 Å². The second-order valence-corrected chi connectivity index (χ2v) is 3.05. The minimum absolute atomic E-state index is 0.0981. The van der Waals surface area contributed by atoms with Crippen molar-refractivity contribution in [1.29, 1.82) is 0 Å². The Kier molecular flexibility index (Phi) is 2.42. The molecule has 1 aromatic heterocycles. The Morgan fingerprint density at radius 2 is 2.54 bits per heavy atom. The fraction of sp³-hybridized carbons (Fsp3) is 0.444. The summed E-state index contributed by atoms with van der Waals surface area (Å²) < 4.78 is 5.21. The summed E-state index contributed by atoms with van der Waals surface area (Å²) in [6, 6.07) is 1.60. The highest BCUT2D eigenvalue weighted by Crippen LogP contribution is 2.04. The molecule has 0 radical (unpaired) electrons. The first kappa shape index (κ1) is 8.47. The number of carbonyl (C=O) groups excluding carboxylic acids is 1. The van der Waals surface area contributed by atoms with E-state index in [4.69, 9.17) is 4.74 Å². The molecule has 0 saturated carbocycles. The molecule has 1 atom stereocenters. The van der Waals surface area contributed by atoms with Crippen molar-refractivity contribution in [2.75, 3.05) is 19.8 Å². The molecule has 1 fully saturated rings. The average Bonchev–Trinajstić information content (AvgIpc) is 2.71. The normalized spacial score (nSPS) is 22.9. The third-order valence-corrected chi connectivity index (χ3v) is 2.12. The molecule has 2 heterocycles. The summed E-state index contributed by atoms with van der Waals surface area (Å²) in [7, 11) is 0. The zero-order valence-electron chi connectivity index (χ0n) is 7.25. The maximum Gasteiger partial charge on any atom is 0.183 e. The average molecular weight is 180 g/mol. The number of ketones is 1. The maximum absolute atomic E-state index is 11.7. The Labute approximate surface area is 76.3 Å². The third-order valence-electron chi connectivity index (χ3n) is 2.12. The Morgan fingerprint density at radius 1 is 1.62 bits per heavy atom. The Hall–Kier alpha value is -1.13. The maximum atomic E-state index is 11.7. The molecule has 4 heteroatoms. The minimum Gasteiger partial charge on any atom is -0.378 e. The predicted molar refractivity (Wildman–Crippen MR) is 47.7 cm³/mol. The topological polar surface area (TPSA) is 54.1 Å². The van der Waals surface area contributed by atoms with Gasteiger partial charge in [0.05, 0.1) is 19.3 Å². The number of rotatable bonds is 2. The van der Waals surface area contributed by atoms with Crippen molar-refractivity contribution in [3.8, 4) is 0 Å². The number of hydrogen-bond acceptors (Lipinski definition) is 3. The van der Waals surface area contributed by atoms with E-state index in [-0.39, 0.29) is 11.8 Å². The number of ether oxygens (including phenoxy) is 1. The Bertz CT molecular complexity index is 276. The summed E-state index contributed by atoms with van der Waals surface area (Å²) in [5.74, 6) is 0.0981. The van der Waals surface area contributed by atoms with E-state index in [9.17, 15) is 4.79 Å². The molecular weight excluding hydrogens is 168 g/mol. The van der Waals surface area contributed by atoms with Crippen LogP contribution in [0.1, 0.15) is 10.4 Å². The zero-order valence-corrected chi connectivity index (χ0v) is 7.25. The lowest BCUT2D eigenvalue weighted by Crippen LogP contribution is -2.46. The van der Waals surface area contributed by atoms with E-state index in [1.165, 1.54) is 0 Å². The number of aromatic nitrogens is 1. The van der Waals surface area contributed by atoms with Crippen LogP contribution in [0.2, 0.25) is 0 Å². The molecule has 0 spiro atoms. The van der Waals surface area contributed by atoms with Crippen molar-refractivity contribution < 1.29 is 9.53 Å². The SMILES string of the molecule is O=C(c1cc[nH]c1)C1COCCN1. The van der Waals surface area contributed by atoms with Crippen molar-refractivity contribution >= 4 is 5.78 Å². The summed E-state index contributed by atoms with van der Waals surface area (Å²) in [5.41, 5.74) is 0.711. The first-order chi connectivity index (χ1) is 6.38. The van der Waals surface area contributed by atoms with Crippen LogP contribution in [0.3, 0.4) is 0 Å². The van der Waals surface area contributed by atoms with Crippen LogP contribution in [-0.4, -0.2) is 36.6 Å². The summed E-state index contributed by atoms with van der Waals surface area (Å²) in [5, 5.41) is 3.12. The zero-order chi connectivity index (χ0) is 9.10. The molecule has 2 N–H and O–H groups in total. The van der Waals surface area contributed by atoms with E-state index in [1.54, 1.807) is 18.5 Å². The summed E-state index contributed by atoms with van der Waals surface area (Å²) in [4.78, 5) is 14.6. The summed E-state index contributed by atoms with van der Waals surface area (Å²) in [6.07, 6.45) is 3.45. The Morgan fingerprint density at radius 3 is 3.15 bits per heavy atom. The molecule has 4 nitrogen and oxygen atoms in total. The van der Waals surface area contributed by atoms with Crippen molar-refractivity contribution in [2.45, 2.75) is 6.04 Å². The second kappa shape index (κ2) is 3.72. The van der Waals surface area contributed by atoms with Crippen molar-refractivity contribution in [2.24, 2.45) is 0 Å². The molecule has 0 amide bonds. The molecule has 2 rings (SSSR count). The molecule has 13 heavy (non-hydrogen) atoms. The van der Waals surface area contributed by atoms with E-state index < -0.39 is 0 Å². The molecule has 1 aliphatic heterocycles. The number of hydrogen-bond donors (Lipinski definition) is 2. The van der Waals surface area contributed by atoms with Crippen LogP contribution in [0.5, 0.6) is 0 Å². The fourth-order valence-corrected chi connectivity index (χ4v) is 1.41. The lowest BCUT2D eigenvalue weighted by atomic mass is 10.1. The molecule has 1 aromatic rings. The van der Waals surface area contributed by atoms with Gasteiger partial charge in [0, 0.05) is 24.5 Å². The minimum atomic E-state index is -0.176. The fourth-order valence-electron chi connectivity index (χ4n) is 1.41. The van der Waals surface area contributed by atoms with Crippen LogP contribution in [0.25, 0.3) is 0 Å². The van der Waals surface area contributed by atoms with Gasteiger partial charge < -0.3 is 15.0 Å². The highest BCUT2D eigenvalue weighted by atomic mass is 16.5. The standard InChI is InChI=1S/C9H12N2O2/c12-9(7-1-2-10-5-7)8-6-13-4-3-11-8/h1-2,5,8,10-11H,3-4,6H2. The van der Waals surface area contributed by atoms with Gasteiger partial charge in [-0.25, -0.2) is 0 Å². The van der Waals surface area contributed by atoms with E-state index >= 15 is 0 Å². The highest BCUT2D eigenvalue weighted by Gasteiger charge is 2.22. The van der Waals surface area contributed by atoms with Crippen LogP contribution in [0.4, 0.5) is 0 Å². The van der Waals surface area contributed by atoms with E-state index in [2.05, 4.69) is 10.3 Å². The number of morpholine rings is 1. The van der Waals surface area contributed by atoms with Crippen LogP contribution >= 0.6 is 0 Å². The predicted octanol–water partition coefficient (Wildman–Crippen LogP) is 0.186. The number of nitrogens with one attached hydrogen (secondary N) is 2. The van der Waals surface area contributed by atoms with Crippen LogP contribution in [0, 0.1) is 0 Å². The first-order valence-corrected chi connectivity index (χ1v) is 4.36. The van der Waals surface area contributed by atoms with Gasteiger partial charge in [-0.15, -0.1) is 0 Å². The second-order valence-electron chi connectivity index (χ2n) is 3.05. The van der Waals surface area contributed by atoms with Gasteiger partial charge in [-0.1, -0.05) is 0 Å². The lowest BCUT2D eigenvalue weighted by molar-refractivity contribution is 0.0608. The van der Waals surface area contributed by atoms with Crippen LogP contribution < -0.4 is 5.32 Å². The molecular formula is C9H12N2O2. The molecule has 0 aliphatic carbocycles. The number of aromatic amines is 1. The van der Waals surface area contributed by atoms with Gasteiger partial charge in [0.15, 0.2) is 5.78 Å². The Balaban J connectivity index is 2.04. The summed E-state index contributed by atoms with van der Waals surface area (Å²) >= 11 is 0. The largest absolute Gasteiger partial charge is 0.378 e. The monoisotopic (exact) mass is 180 g/mol. The van der Waals surface area contributed by atoms with Crippen molar-refractivity contribution in [1.82, 2.24) is 10.3 Å². The van der Waals surface area contributed by atoms with Gasteiger partial charge in [-0.05, 0) is 6.07 Å². The van der Waals surface area contributed by atoms with E-state index in [0.29, 0.717) is 18.8 Å². The molecule has 0 aromatic carbocycles. The van der Waals surface area contributed by atoms with Gasteiger partial charge in [-0.3, -0.25) is 4.79 Å². The van der Waals surface area contributed by atoms with Crippen molar-refractivity contribution in [3.63, 3.8) is 0 Å². The highest BCUT2D eigenvalue weighted by molar-refractivity contribution is 6.00. The quantitative estimate of drug-likeness (QED) is 0.639. The molecule has 70 valence electrons. The first-order valence-electron chi connectivity index (χ1n) is 4.36. The molecule has 1 unspecified atom stereocenters. The van der Waals surface area contributed by atoms with Gasteiger partial charge in [0.1, 0.15) is 0 Å². The van der Waals surface area contributed by atoms with Gasteiger partial charge in [0.2, 0.25) is 0 Å². The number of Topliss-reactive ketones (excluding diaryl/α,β-unsaturated/α-hetero) is 1. The van der Waals surface area contributed by atoms with Gasteiger partial charge >= 0.3 is 0 Å². The van der Waals surface area contributed by atoms with Crippen molar-refractivity contribution in [3.05, 3.63) is 24.0 Å². The van der Waals surface area contributed by atoms with Gasteiger partial charge in [0.25, 0.3) is 0 Å². The number of carbonyl (C=O) groups is 1. The van der Waals surface area contributed by atoms with E-state index in [1.807, 2.05) is 0 Å². The smallest absolute Gasteiger partial charge is 0.183 e. The number of H-pyrrole nitrogens is 1. The van der Waals surface area contributed by atoms with Crippen LogP contribution in [0.15, 0.2) is 18.5 Å². The molecule has 1 aliphatic rings. The molecule has 0 bridgehead atoms. The summed E-state index contributed by atoms with van der Waals surface area (Å²) in [6.45, 7) is 1.92. The lowest BCUT2D eigenvalue weighted by Gasteiger charge is -2.21. The molecule has 1 saturated heterocycles. The van der Waals surface area contributed by atoms with Gasteiger partial charge in [-0.2, -0.15) is 0 Å².